The van der Waals surface area contributed by atoms with Gasteiger partial charge in [-0.3, -0.25) is 4.79 Å². The Morgan fingerprint density at radius 1 is 1.20 bits per heavy atom. The number of halogens is 2. The number of para-hydroxylation sites is 1. The predicted molar refractivity (Wildman–Crippen MR) is 98.6 cm³/mol. The van der Waals surface area contributed by atoms with Gasteiger partial charge in [-0.2, -0.15) is 0 Å². The molecule has 4 nitrogen and oxygen atoms in total. The minimum Gasteiger partial charge on any atom is -0.462 e. The van der Waals surface area contributed by atoms with Crippen LogP contribution in [0.15, 0.2) is 42.5 Å². The highest BCUT2D eigenvalue weighted by molar-refractivity contribution is 7.99. The van der Waals surface area contributed by atoms with E-state index in [1.165, 1.54) is 23.9 Å². The minimum atomic E-state index is -0.496. The van der Waals surface area contributed by atoms with Gasteiger partial charge in [0.15, 0.2) is 0 Å². The van der Waals surface area contributed by atoms with Crippen LogP contribution in [0.4, 0.5) is 10.1 Å². The number of hydrogen-bond donors (Lipinski definition) is 1. The molecule has 2 aromatic carbocycles. The quantitative estimate of drug-likeness (QED) is 0.716. The Morgan fingerprint density at radius 2 is 1.96 bits per heavy atom. The number of carbonyl (C=O) groups is 2. The molecule has 0 saturated heterocycles. The topological polar surface area (TPSA) is 55.4 Å². The second kappa shape index (κ2) is 9.44. The number of hydrogen-bond acceptors (Lipinski definition) is 4. The van der Waals surface area contributed by atoms with Crippen molar-refractivity contribution in [1.29, 1.82) is 0 Å². The zero-order valence-electron chi connectivity index (χ0n) is 13.6. The van der Waals surface area contributed by atoms with Crippen molar-refractivity contribution in [2.24, 2.45) is 0 Å². The number of carbonyl (C=O) groups excluding carboxylic acids is 2. The Bertz CT molecular complexity index is 749. The van der Waals surface area contributed by atoms with E-state index in [2.05, 4.69) is 5.32 Å². The number of anilines is 1. The third-order valence-corrected chi connectivity index (χ3v) is 4.55. The summed E-state index contributed by atoms with van der Waals surface area (Å²) >= 11 is 7.19. The zero-order valence-corrected chi connectivity index (χ0v) is 15.1. The third kappa shape index (κ3) is 5.47. The predicted octanol–water partition coefficient (Wildman–Crippen LogP) is 4.53. The van der Waals surface area contributed by atoms with Crippen LogP contribution in [-0.4, -0.2) is 24.2 Å². The van der Waals surface area contributed by atoms with Gasteiger partial charge < -0.3 is 10.1 Å². The van der Waals surface area contributed by atoms with E-state index in [1.807, 2.05) is 0 Å². The van der Waals surface area contributed by atoms with E-state index in [0.29, 0.717) is 21.8 Å². The lowest BCUT2D eigenvalue weighted by Gasteiger charge is -2.10. The van der Waals surface area contributed by atoms with Crippen LogP contribution in [0.2, 0.25) is 5.02 Å². The van der Waals surface area contributed by atoms with Gasteiger partial charge in [-0.25, -0.2) is 9.18 Å². The Labute approximate surface area is 154 Å². The van der Waals surface area contributed by atoms with Gasteiger partial charge in [-0.15, -0.1) is 11.8 Å². The van der Waals surface area contributed by atoms with Crippen LogP contribution in [0.25, 0.3) is 0 Å². The van der Waals surface area contributed by atoms with Gasteiger partial charge in [0, 0.05) is 16.3 Å². The van der Waals surface area contributed by atoms with Crippen molar-refractivity contribution in [1.82, 2.24) is 0 Å². The monoisotopic (exact) mass is 381 g/mol. The summed E-state index contributed by atoms with van der Waals surface area (Å²) in [5.74, 6) is -0.813. The maximum absolute atomic E-state index is 13.7. The van der Waals surface area contributed by atoms with Crippen molar-refractivity contribution in [2.45, 2.75) is 12.7 Å². The molecule has 7 heteroatoms. The van der Waals surface area contributed by atoms with Gasteiger partial charge in [-0.1, -0.05) is 29.8 Å². The Hall–Kier alpha value is -2.05. The fourth-order valence-electron chi connectivity index (χ4n) is 2.08. The van der Waals surface area contributed by atoms with Gasteiger partial charge in [-0.05, 0) is 31.2 Å². The van der Waals surface area contributed by atoms with Crippen molar-refractivity contribution in [3.63, 3.8) is 0 Å². The first-order valence-electron chi connectivity index (χ1n) is 7.59. The van der Waals surface area contributed by atoms with Crippen LogP contribution < -0.4 is 5.32 Å². The van der Waals surface area contributed by atoms with Crippen molar-refractivity contribution in [2.75, 3.05) is 17.7 Å². The maximum atomic E-state index is 13.7. The number of rotatable bonds is 7. The number of ether oxygens (including phenoxy) is 1. The molecule has 0 radical (unpaired) electrons. The summed E-state index contributed by atoms with van der Waals surface area (Å²) in [6.07, 6.45) is 0. The molecular weight excluding hydrogens is 365 g/mol. The van der Waals surface area contributed by atoms with Gasteiger partial charge in [0.05, 0.1) is 23.6 Å². The molecule has 0 spiro atoms. The van der Waals surface area contributed by atoms with Crippen LogP contribution in [0.5, 0.6) is 0 Å². The summed E-state index contributed by atoms with van der Waals surface area (Å²) in [4.78, 5) is 24.0. The number of nitrogens with one attached hydrogen (secondary N) is 1. The van der Waals surface area contributed by atoms with Crippen molar-refractivity contribution < 1.29 is 18.7 Å². The molecule has 0 bridgehead atoms. The van der Waals surface area contributed by atoms with Crippen LogP contribution in [0.1, 0.15) is 22.8 Å². The second-order valence-electron chi connectivity index (χ2n) is 5.01. The normalized spacial score (nSPS) is 10.4. The Balaban J connectivity index is 1.94. The highest BCUT2D eigenvalue weighted by Crippen LogP contribution is 2.24. The average molecular weight is 382 g/mol. The fourth-order valence-corrected chi connectivity index (χ4v) is 3.25. The zero-order chi connectivity index (χ0) is 18.2. The molecule has 2 aromatic rings. The molecule has 0 aliphatic heterocycles. The van der Waals surface area contributed by atoms with E-state index in [-0.39, 0.29) is 24.0 Å². The molecule has 0 unspecified atom stereocenters. The first-order chi connectivity index (χ1) is 12.0. The van der Waals surface area contributed by atoms with Crippen LogP contribution in [0, 0.1) is 5.82 Å². The minimum absolute atomic E-state index is 0.0990. The van der Waals surface area contributed by atoms with E-state index < -0.39 is 11.8 Å². The molecule has 0 saturated carbocycles. The molecule has 1 amide bonds. The molecule has 2 rings (SSSR count). The first-order valence-corrected chi connectivity index (χ1v) is 9.12. The van der Waals surface area contributed by atoms with Crippen molar-refractivity contribution in [3.05, 3.63) is 64.4 Å². The molecule has 0 aromatic heterocycles. The summed E-state index contributed by atoms with van der Waals surface area (Å²) in [7, 11) is 0. The van der Waals surface area contributed by atoms with Gasteiger partial charge >= 0.3 is 5.97 Å². The van der Waals surface area contributed by atoms with E-state index in [9.17, 15) is 14.0 Å². The number of amides is 1. The van der Waals surface area contributed by atoms with Gasteiger partial charge in [0.2, 0.25) is 5.91 Å². The largest absolute Gasteiger partial charge is 0.462 e. The van der Waals surface area contributed by atoms with Crippen molar-refractivity contribution >= 4 is 40.9 Å². The average Bonchev–Trinajstić information content (AvgIpc) is 2.58. The van der Waals surface area contributed by atoms with E-state index in [1.54, 1.807) is 37.3 Å². The van der Waals surface area contributed by atoms with Gasteiger partial charge in [0.25, 0.3) is 0 Å². The van der Waals surface area contributed by atoms with E-state index in [4.69, 9.17) is 16.3 Å². The summed E-state index contributed by atoms with van der Waals surface area (Å²) < 4.78 is 18.7. The van der Waals surface area contributed by atoms with Gasteiger partial charge in [0.1, 0.15) is 5.82 Å². The third-order valence-electron chi connectivity index (χ3n) is 3.24. The number of benzene rings is 2. The molecule has 0 aliphatic rings. The lowest BCUT2D eigenvalue weighted by molar-refractivity contribution is -0.113. The Kier molecular flexibility index (Phi) is 7.28. The fraction of sp³-hybridized carbons (Fsp3) is 0.222. The highest BCUT2D eigenvalue weighted by Gasteiger charge is 2.14. The van der Waals surface area contributed by atoms with E-state index in [0.717, 1.165) is 0 Å². The van der Waals surface area contributed by atoms with Crippen LogP contribution in [0.3, 0.4) is 0 Å². The molecule has 0 fully saturated rings. The summed E-state index contributed by atoms with van der Waals surface area (Å²) in [6.45, 7) is 1.96. The Morgan fingerprint density at radius 3 is 2.68 bits per heavy atom. The standard InChI is InChI=1S/C18H17ClFNO3S/c1-2-24-18(23)12-6-3-4-9-16(12)21-17(22)11-25-10-13-14(19)7-5-8-15(13)20/h3-9H,2,10-11H2,1H3,(H,21,22). The molecule has 1 N–H and O–H groups in total. The SMILES string of the molecule is CCOC(=O)c1ccccc1NC(=O)CSCc1c(F)cccc1Cl. The lowest BCUT2D eigenvalue weighted by atomic mass is 10.2. The molecule has 25 heavy (non-hydrogen) atoms. The second-order valence-corrected chi connectivity index (χ2v) is 6.40. The van der Waals surface area contributed by atoms with Crippen molar-refractivity contribution in [3.8, 4) is 0 Å². The molecule has 0 heterocycles. The summed E-state index contributed by atoms with van der Waals surface area (Å²) in [5.41, 5.74) is 1.05. The molecule has 0 aliphatic carbocycles. The number of esters is 1. The smallest absolute Gasteiger partial charge is 0.340 e. The molecular formula is C18H17ClFNO3S. The van der Waals surface area contributed by atoms with E-state index >= 15 is 0 Å². The molecule has 0 atom stereocenters. The maximum Gasteiger partial charge on any atom is 0.340 e. The van der Waals surface area contributed by atoms with Crippen LogP contribution in [-0.2, 0) is 15.3 Å². The van der Waals surface area contributed by atoms with Crippen LogP contribution >= 0.6 is 23.4 Å². The molecule has 132 valence electrons. The first kappa shape index (κ1) is 19.3. The highest BCUT2D eigenvalue weighted by atomic mass is 35.5. The summed E-state index contributed by atoms with van der Waals surface area (Å²) in [5, 5.41) is 3.01. The number of thioether (sulfide) groups is 1. The lowest BCUT2D eigenvalue weighted by Crippen LogP contribution is -2.17. The summed E-state index contributed by atoms with van der Waals surface area (Å²) in [6, 6.07) is 11.1.